The summed E-state index contributed by atoms with van der Waals surface area (Å²) in [4.78, 5) is 20.2. The van der Waals surface area contributed by atoms with Crippen LogP contribution in [0.15, 0.2) is 0 Å². The molecule has 0 fully saturated rings. The fourth-order valence-electron chi connectivity index (χ4n) is 2.78. The molecule has 0 heterocycles. The van der Waals surface area contributed by atoms with Gasteiger partial charge in [0.25, 0.3) is 0 Å². The van der Waals surface area contributed by atoms with E-state index >= 15 is 0 Å². The van der Waals surface area contributed by atoms with Crippen molar-refractivity contribution in [2.75, 3.05) is 19.8 Å². The topological polar surface area (TPSA) is 135 Å². The molecule has 0 spiro atoms. The van der Waals surface area contributed by atoms with Crippen molar-refractivity contribution in [1.82, 2.24) is 0 Å². The van der Waals surface area contributed by atoms with Crippen molar-refractivity contribution in [3.63, 3.8) is 0 Å². The van der Waals surface area contributed by atoms with Gasteiger partial charge in [-0.15, -0.1) is 0 Å². The van der Waals surface area contributed by atoms with Crippen LogP contribution >= 0.6 is 0 Å². The van der Waals surface area contributed by atoms with Crippen LogP contribution in [0.4, 0.5) is 0 Å². The van der Waals surface area contributed by atoms with E-state index in [2.05, 4.69) is 13.8 Å². The van der Waals surface area contributed by atoms with Crippen LogP contribution in [0.1, 0.15) is 124 Å². The smallest absolute Gasteiger partial charge is 0.303 e. The van der Waals surface area contributed by atoms with E-state index in [-0.39, 0.29) is 19.8 Å². The molecule has 0 saturated carbocycles. The van der Waals surface area contributed by atoms with Gasteiger partial charge >= 0.3 is 11.9 Å². The highest BCUT2D eigenvalue weighted by Gasteiger charge is 2.24. The third-order valence-electron chi connectivity index (χ3n) is 5.49. The molecule has 0 saturated heterocycles. The fourth-order valence-corrected chi connectivity index (χ4v) is 2.78. The lowest BCUT2D eigenvalue weighted by Crippen LogP contribution is -2.32. The molecule has 0 aromatic rings. The van der Waals surface area contributed by atoms with Crippen LogP contribution in [-0.4, -0.2) is 57.3 Å². The van der Waals surface area contributed by atoms with E-state index in [4.69, 9.17) is 25.5 Å². The maximum Gasteiger partial charge on any atom is 0.303 e. The number of hydrogen-bond acceptors (Lipinski definition) is 5. The van der Waals surface area contributed by atoms with Gasteiger partial charge in [-0.1, -0.05) is 91.4 Å². The van der Waals surface area contributed by atoms with Crippen molar-refractivity contribution in [1.29, 1.82) is 0 Å². The largest absolute Gasteiger partial charge is 0.481 e. The molecule has 32 heavy (non-hydrogen) atoms. The van der Waals surface area contributed by atoms with Crippen molar-refractivity contribution in [2.45, 2.75) is 124 Å². The van der Waals surface area contributed by atoms with Crippen molar-refractivity contribution < 1.29 is 35.1 Å². The Hall–Kier alpha value is -1.18. The molecule has 7 heteroatoms. The Morgan fingerprint density at radius 3 is 1.03 bits per heavy atom. The molecule has 7 nitrogen and oxygen atoms in total. The molecular formula is C25H52O7. The molecule has 194 valence electrons. The molecule has 0 aromatic carbocycles. The zero-order valence-electron chi connectivity index (χ0n) is 21.0. The Labute approximate surface area is 196 Å². The van der Waals surface area contributed by atoms with E-state index in [0.29, 0.717) is 19.3 Å². The lowest BCUT2D eigenvalue weighted by molar-refractivity contribution is -0.138. The number of carboxylic acid groups (broad SMARTS) is 2. The lowest BCUT2D eigenvalue weighted by Gasteiger charge is -2.24. The van der Waals surface area contributed by atoms with Crippen LogP contribution in [0, 0.1) is 5.41 Å². The molecule has 0 bridgehead atoms. The average Bonchev–Trinajstić information content (AvgIpc) is 2.78. The van der Waals surface area contributed by atoms with E-state index in [0.717, 1.165) is 32.1 Å². The van der Waals surface area contributed by atoms with Crippen LogP contribution in [0.5, 0.6) is 0 Å². The second-order valence-corrected chi connectivity index (χ2v) is 8.50. The third-order valence-corrected chi connectivity index (χ3v) is 5.49. The summed E-state index contributed by atoms with van der Waals surface area (Å²) in [5, 5.41) is 42.6. The Kier molecular flexibility index (Phi) is 30.8. The summed E-state index contributed by atoms with van der Waals surface area (Å²) in [7, 11) is 0. The molecule has 0 atom stereocenters. The molecule has 0 aliphatic heterocycles. The highest BCUT2D eigenvalue weighted by atomic mass is 16.4. The van der Waals surface area contributed by atoms with Gasteiger partial charge in [0.2, 0.25) is 0 Å². The van der Waals surface area contributed by atoms with E-state index in [9.17, 15) is 9.59 Å². The Balaban J connectivity index is -0.000000411. The number of carbonyl (C=O) groups is 2. The van der Waals surface area contributed by atoms with Gasteiger partial charge in [-0.3, -0.25) is 9.59 Å². The Morgan fingerprint density at radius 1 is 0.531 bits per heavy atom. The predicted molar refractivity (Wildman–Crippen MR) is 130 cm³/mol. The summed E-state index contributed by atoms with van der Waals surface area (Å²) in [6.45, 7) is 5.69. The maximum atomic E-state index is 10.2. The molecule has 0 rings (SSSR count). The molecule has 0 unspecified atom stereocenters. The van der Waals surface area contributed by atoms with Gasteiger partial charge < -0.3 is 25.5 Å². The first-order valence-corrected chi connectivity index (χ1v) is 12.5. The second kappa shape index (κ2) is 27.9. The minimum absolute atomic E-state index is 0.156. The normalized spacial score (nSPS) is 10.6. The SMILES string of the molecule is CCC(CO)(CO)CO.CCCCCCC(=O)O.CCCCCCCCCCCC(=O)O. The fraction of sp³-hybridized carbons (Fsp3) is 0.920. The van der Waals surface area contributed by atoms with Gasteiger partial charge in [0, 0.05) is 18.3 Å². The molecule has 5 N–H and O–H groups in total. The number of hydrogen-bond donors (Lipinski definition) is 5. The minimum Gasteiger partial charge on any atom is -0.481 e. The molecule has 0 aliphatic rings. The van der Waals surface area contributed by atoms with Crippen LogP contribution in [-0.2, 0) is 9.59 Å². The number of unbranched alkanes of at least 4 members (excludes halogenated alkanes) is 11. The number of aliphatic hydroxyl groups excluding tert-OH is 3. The summed E-state index contributed by atoms with van der Waals surface area (Å²) in [6, 6.07) is 0. The van der Waals surface area contributed by atoms with Crippen LogP contribution in [0.3, 0.4) is 0 Å². The number of aliphatic hydroxyl groups is 3. The van der Waals surface area contributed by atoms with Crippen molar-refractivity contribution in [3.05, 3.63) is 0 Å². The maximum absolute atomic E-state index is 10.2. The predicted octanol–water partition coefficient (Wildman–Crippen LogP) is 5.39. The zero-order chi connectivity index (χ0) is 25.1. The van der Waals surface area contributed by atoms with Crippen molar-refractivity contribution >= 4 is 11.9 Å². The van der Waals surface area contributed by atoms with E-state index in [1.165, 1.54) is 51.4 Å². The number of carboxylic acids is 2. The van der Waals surface area contributed by atoms with Gasteiger partial charge in [-0.05, 0) is 19.3 Å². The minimum atomic E-state index is -0.675. The zero-order valence-corrected chi connectivity index (χ0v) is 21.0. The molecular weight excluding hydrogens is 412 g/mol. The summed E-state index contributed by atoms with van der Waals surface area (Å²) >= 11 is 0. The number of rotatable bonds is 19. The van der Waals surface area contributed by atoms with Gasteiger partial charge in [0.1, 0.15) is 0 Å². The summed E-state index contributed by atoms with van der Waals surface area (Å²) < 4.78 is 0. The third kappa shape index (κ3) is 28.8. The molecule has 0 aliphatic carbocycles. The summed E-state index contributed by atoms with van der Waals surface area (Å²) in [6.07, 6.45) is 16.6. The molecule has 0 amide bonds. The molecule has 0 radical (unpaired) electrons. The standard InChI is InChI=1S/C12H24O2.C7H14O2.C6H14O3/c1-2-3-4-5-6-7-8-9-10-11-12(13)14;1-2-3-4-5-6-7(8)9;1-2-6(3-7,4-8)5-9/h2-11H2,1H3,(H,13,14);2-6H2,1H3,(H,8,9);7-9H,2-5H2,1H3. The van der Waals surface area contributed by atoms with E-state index < -0.39 is 17.4 Å². The summed E-state index contributed by atoms with van der Waals surface area (Å²) in [5.41, 5.74) is -0.667. The highest BCUT2D eigenvalue weighted by Crippen LogP contribution is 2.18. The van der Waals surface area contributed by atoms with Crippen molar-refractivity contribution in [3.8, 4) is 0 Å². The van der Waals surface area contributed by atoms with E-state index in [1.54, 1.807) is 0 Å². The van der Waals surface area contributed by atoms with E-state index in [1.807, 2.05) is 6.92 Å². The highest BCUT2D eigenvalue weighted by molar-refractivity contribution is 5.66. The first-order valence-electron chi connectivity index (χ1n) is 12.5. The Bertz CT molecular complexity index is 378. The Morgan fingerprint density at radius 2 is 0.812 bits per heavy atom. The van der Waals surface area contributed by atoms with Crippen LogP contribution in [0.2, 0.25) is 0 Å². The first-order chi connectivity index (χ1) is 15.3. The van der Waals surface area contributed by atoms with Gasteiger partial charge in [0.05, 0.1) is 19.8 Å². The van der Waals surface area contributed by atoms with Gasteiger partial charge in [-0.2, -0.15) is 0 Å². The lowest BCUT2D eigenvalue weighted by atomic mass is 9.88. The van der Waals surface area contributed by atoms with Crippen LogP contribution in [0.25, 0.3) is 0 Å². The first kappa shape index (κ1) is 35.4. The van der Waals surface area contributed by atoms with Gasteiger partial charge in [-0.25, -0.2) is 0 Å². The monoisotopic (exact) mass is 464 g/mol. The van der Waals surface area contributed by atoms with Gasteiger partial charge in [0.15, 0.2) is 0 Å². The number of aliphatic carboxylic acids is 2. The second-order valence-electron chi connectivity index (χ2n) is 8.50. The van der Waals surface area contributed by atoms with Crippen LogP contribution < -0.4 is 0 Å². The quantitative estimate of drug-likeness (QED) is 0.162. The van der Waals surface area contributed by atoms with Crippen molar-refractivity contribution in [2.24, 2.45) is 5.41 Å². The molecule has 0 aromatic heterocycles. The average molecular weight is 465 g/mol. The summed E-state index contributed by atoms with van der Waals surface area (Å²) in [5.74, 6) is -1.33.